The summed E-state index contributed by atoms with van der Waals surface area (Å²) in [5, 5.41) is 0. The zero-order chi connectivity index (χ0) is 6.36. The zero-order valence-corrected chi connectivity index (χ0v) is 4.55. The van der Waals surface area contributed by atoms with Crippen LogP contribution in [-0.2, 0) is 9.53 Å². The third-order valence-corrected chi connectivity index (χ3v) is 1.31. The van der Waals surface area contributed by atoms with Crippen molar-refractivity contribution in [1.82, 2.24) is 0 Å². The first-order valence-corrected chi connectivity index (χ1v) is 2.34. The van der Waals surface area contributed by atoms with Crippen LogP contribution in [0.5, 0.6) is 0 Å². The first kappa shape index (κ1) is 5.53. The maximum atomic E-state index is 10.3. The van der Waals surface area contributed by atoms with Crippen LogP contribution < -0.4 is 11.5 Å². The monoisotopic (exact) mass is 116 g/mol. The molecule has 0 aromatic heterocycles. The molecule has 1 fully saturated rings. The highest BCUT2D eigenvalue weighted by Gasteiger charge is 2.47. The van der Waals surface area contributed by atoms with Gasteiger partial charge < -0.3 is 4.74 Å². The van der Waals surface area contributed by atoms with Gasteiger partial charge in [-0.3, -0.25) is 16.3 Å². The van der Waals surface area contributed by atoms with Crippen molar-refractivity contribution < 1.29 is 9.53 Å². The van der Waals surface area contributed by atoms with E-state index in [0.29, 0.717) is 0 Å². The minimum atomic E-state index is -1.20. The molecule has 0 radical (unpaired) electrons. The number of carbonyl (C=O) groups excluding carboxylic acids is 1. The normalized spacial score (nSPS) is 33.4. The molecule has 4 nitrogen and oxygen atoms in total. The summed E-state index contributed by atoms with van der Waals surface area (Å²) in [6.45, 7) is 1.63. The third-order valence-electron chi connectivity index (χ3n) is 1.31. The number of ether oxygens (including phenoxy) is 1. The van der Waals surface area contributed by atoms with Crippen LogP contribution in [0.2, 0.25) is 0 Å². The van der Waals surface area contributed by atoms with Crippen LogP contribution in [0, 0.1) is 5.92 Å². The van der Waals surface area contributed by atoms with Crippen LogP contribution in [0.15, 0.2) is 0 Å². The van der Waals surface area contributed by atoms with E-state index in [1.807, 2.05) is 0 Å². The van der Waals surface area contributed by atoms with Gasteiger partial charge in [0.25, 0.3) is 0 Å². The van der Waals surface area contributed by atoms with Crippen LogP contribution >= 0.6 is 0 Å². The lowest BCUT2D eigenvalue weighted by atomic mass is 10.0. The van der Waals surface area contributed by atoms with E-state index in [1.54, 1.807) is 6.92 Å². The van der Waals surface area contributed by atoms with Crippen LogP contribution in [0.25, 0.3) is 0 Å². The lowest BCUT2D eigenvalue weighted by Gasteiger charge is -2.38. The number of nitrogens with two attached hydrogens (primary N) is 2. The second-order valence-corrected chi connectivity index (χ2v) is 2.00. The summed E-state index contributed by atoms with van der Waals surface area (Å²) in [7, 11) is 0. The van der Waals surface area contributed by atoms with Crippen LogP contribution in [-0.4, -0.2) is 11.8 Å². The molecule has 1 rings (SSSR count). The van der Waals surface area contributed by atoms with Gasteiger partial charge in [-0.1, -0.05) is 0 Å². The number of rotatable bonds is 0. The molecule has 0 aromatic rings. The molecule has 1 aliphatic rings. The quantitative estimate of drug-likeness (QED) is 0.306. The summed E-state index contributed by atoms with van der Waals surface area (Å²) in [4.78, 5) is 10.3. The van der Waals surface area contributed by atoms with Gasteiger partial charge >= 0.3 is 5.97 Å². The topological polar surface area (TPSA) is 78.3 Å². The van der Waals surface area contributed by atoms with Gasteiger partial charge in [-0.15, -0.1) is 0 Å². The van der Waals surface area contributed by atoms with Gasteiger partial charge in [0.15, 0.2) is 0 Å². The fraction of sp³-hybridized carbons (Fsp3) is 0.750. The van der Waals surface area contributed by atoms with E-state index < -0.39 is 5.85 Å². The highest BCUT2D eigenvalue weighted by Crippen LogP contribution is 2.23. The summed E-state index contributed by atoms with van der Waals surface area (Å²) >= 11 is 0. The van der Waals surface area contributed by atoms with Gasteiger partial charge in [-0.2, -0.15) is 0 Å². The number of hydrogen-bond donors (Lipinski definition) is 2. The number of esters is 1. The van der Waals surface area contributed by atoms with E-state index in [-0.39, 0.29) is 11.9 Å². The molecule has 1 atom stereocenters. The van der Waals surface area contributed by atoms with E-state index >= 15 is 0 Å². The Kier molecular flexibility index (Phi) is 0.835. The largest absolute Gasteiger partial charge is 0.429 e. The molecule has 46 valence electrons. The number of cyclic esters (lactones) is 1. The van der Waals surface area contributed by atoms with Gasteiger partial charge in [0.2, 0.25) is 5.85 Å². The molecule has 4 N–H and O–H groups in total. The zero-order valence-electron chi connectivity index (χ0n) is 4.55. The molecule has 4 heteroatoms. The summed E-state index contributed by atoms with van der Waals surface area (Å²) in [5.41, 5.74) is 10.4. The second kappa shape index (κ2) is 1.21. The number of hydrogen-bond acceptors (Lipinski definition) is 4. The molecule has 1 unspecified atom stereocenters. The van der Waals surface area contributed by atoms with E-state index in [2.05, 4.69) is 4.74 Å². The molecule has 0 bridgehead atoms. The van der Waals surface area contributed by atoms with Crippen molar-refractivity contribution in [2.24, 2.45) is 17.4 Å². The smallest absolute Gasteiger partial charge is 0.318 e. The first-order chi connectivity index (χ1) is 3.54. The maximum absolute atomic E-state index is 10.3. The Labute approximate surface area is 46.8 Å². The van der Waals surface area contributed by atoms with Gasteiger partial charge in [-0.05, 0) is 6.92 Å². The molecular formula is C4H8N2O2. The van der Waals surface area contributed by atoms with E-state index in [4.69, 9.17) is 11.5 Å². The lowest BCUT2D eigenvalue weighted by molar-refractivity contribution is -0.207. The Balaban J connectivity index is 2.60. The highest BCUT2D eigenvalue weighted by molar-refractivity contribution is 5.79. The molecule has 0 aliphatic carbocycles. The van der Waals surface area contributed by atoms with Crippen molar-refractivity contribution in [1.29, 1.82) is 0 Å². The maximum Gasteiger partial charge on any atom is 0.318 e. The average Bonchev–Trinajstić information content (AvgIpc) is 1.65. The van der Waals surface area contributed by atoms with E-state index in [9.17, 15) is 4.79 Å². The van der Waals surface area contributed by atoms with Crippen LogP contribution in [0.3, 0.4) is 0 Å². The van der Waals surface area contributed by atoms with E-state index in [0.717, 1.165) is 0 Å². The van der Waals surface area contributed by atoms with Gasteiger partial charge in [0.05, 0.1) is 0 Å². The Morgan fingerprint density at radius 3 is 2.25 bits per heavy atom. The predicted molar refractivity (Wildman–Crippen MR) is 26.4 cm³/mol. The van der Waals surface area contributed by atoms with Gasteiger partial charge in [0.1, 0.15) is 5.92 Å². The van der Waals surface area contributed by atoms with Crippen molar-refractivity contribution >= 4 is 5.97 Å². The predicted octanol–water partition coefficient (Wildman–Crippen LogP) is -1.25. The van der Waals surface area contributed by atoms with Crippen molar-refractivity contribution in [3.63, 3.8) is 0 Å². The summed E-state index contributed by atoms with van der Waals surface area (Å²) < 4.78 is 4.36. The molecule has 0 saturated carbocycles. The molecule has 1 saturated heterocycles. The van der Waals surface area contributed by atoms with Crippen LogP contribution in [0.4, 0.5) is 0 Å². The summed E-state index contributed by atoms with van der Waals surface area (Å²) in [5.74, 6) is -1.88. The highest BCUT2D eigenvalue weighted by atomic mass is 16.6. The standard InChI is InChI=1S/C4H8N2O2/c1-2-3(7)8-4(2,5)6/h2H,5-6H2,1H3. The Bertz CT molecular complexity index is 132. The fourth-order valence-corrected chi connectivity index (χ4v) is 0.477. The fourth-order valence-electron chi connectivity index (χ4n) is 0.477. The van der Waals surface area contributed by atoms with Crippen molar-refractivity contribution in [3.05, 3.63) is 0 Å². The molecule has 8 heavy (non-hydrogen) atoms. The minimum Gasteiger partial charge on any atom is -0.429 e. The van der Waals surface area contributed by atoms with Gasteiger partial charge in [-0.25, -0.2) is 0 Å². The lowest BCUT2D eigenvalue weighted by Crippen LogP contribution is -2.68. The van der Waals surface area contributed by atoms with Crippen molar-refractivity contribution in [3.8, 4) is 0 Å². The summed E-state index contributed by atoms with van der Waals surface area (Å²) in [6, 6.07) is 0. The Morgan fingerprint density at radius 1 is 1.75 bits per heavy atom. The molecule has 1 aliphatic heterocycles. The second-order valence-electron chi connectivity index (χ2n) is 2.00. The molecular weight excluding hydrogens is 108 g/mol. The molecule has 0 aromatic carbocycles. The van der Waals surface area contributed by atoms with Crippen molar-refractivity contribution in [2.45, 2.75) is 12.8 Å². The Hall–Kier alpha value is -0.610. The third kappa shape index (κ3) is 0.502. The van der Waals surface area contributed by atoms with Crippen molar-refractivity contribution in [2.75, 3.05) is 0 Å². The first-order valence-electron chi connectivity index (χ1n) is 2.34. The molecule has 0 spiro atoms. The number of carbonyl (C=O) groups is 1. The average molecular weight is 116 g/mol. The molecule has 1 heterocycles. The van der Waals surface area contributed by atoms with E-state index in [1.165, 1.54) is 0 Å². The Morgan fingerprint density at radius 2 is 2.25 bits per heavy atom. The van der Waals surface area contributed by atoms with Crippen LogP contribution in [0.1, 0.15) is 6.92 Å². The SMILES string of the molecule is CC1C(=O)OC1(N)N. The van der Waals surface area contributed by atoms with Gasteiger partial charge in [0, 0.05) is 0 Å². The minimum absolute atomic E-state index is 0.324. The molecule has 0 amide bonds. The summed E-state index contributed by atoms with van der Waals surface area (Å²) in [6.07, 6.45) is 0.